The standard InChI is InChI=1S/C36H52N4O7/c1-21(2)27(19-22(3)31(43)38-26(34(46)47)17-18-28(41)42)40(10)33(45)30(35(4,5)6)39-32(44)29(37-9)36(7,8)25-16-15-23-13-11-12-14-24(23)20-25/h11-16,19-21,26-27,29-30,37H,17-18H2,1-10H3,(H,38,43)(H,39,44)(H,41,42)(H,46,47)/b22-19+/t26-,27-,29-,30-/m1/s1. The van der Waals surface area contributed by atoms with E-state index in [1.54, 1.807) is 20.2 Å². The van der Waals surface area contributed by atoms with Crippen molar-refractivity contribution in [3.8, 4) is 0 Å². The van der Waals surface area contributed by atoms with Gasteiger partial charge in [0.15, 0.2) is 0 Å². The largest absolute Gasteiger partial charge is 0.481 e. The van der Waals surface area contributed by atoms with Crippen LogP contribution in [0.15, 0.2) is 54.1 Å². The minimum Gasteiger partial charge on any atom is -0.481 e. The van der Waals surface area contributed by atoms with Crippen LogP contribution in [0.5, 0.6) is 0 Å². The molecule has 258 valence electrons. The number of fused-ring (bicyclic) bond motifs is 1. The molecule has 0 aromatic heterocycles. The van der Waals surface area contributed by atoms with Crippen molar-refractivity contribution in [2.45, 2.75) is 97.8 Å². The third-order valence-corrected chi connectivity index (χ3v) is 8.67. The van der Waals surface area contributed by atoms with E-state index in [2.05, 4.69) is 22.0 Å². The summed E-state index contributed by atoms with van der Waals surface area (Å²) in [7, 11) is 3.33. The highest BCUT2D eigenvalue weighted by Gasteiger charge is 2.41. The van der Waals surface area contributed by atoms with Crippen molar-refractivity contribution in [3.63, 3.8) is 0 Å². The number of nitrogens with zero attached hydrogens (tertiary/aromatic N) is 1. The highest BCUT2D eigenvalue weighted by molar-refractivity contribution is 5.96. The number of carbonyl (C=O) groups is 5. The van der Waals surface area contributed by atoms with Crippen LogP contribution in [0, 0.1) is 11.3 Å². The Morgan fingerprint density at radius 3 is 2.00 bits per heavy atom. The van der Waals surface area contributed by atoms with Crippen LogP contribution in [0.25, 0.3) is 10.8 Å². The fourth-order valence-corrected chi connectivity index (χ4v) is 5.68. The quantitative estimate of drug-likeness (QED) is 0.180. The molecule has 2 rings (SSSR count). The average molecular weight is 653 g/mol. The van der Waals surface area contributed by atoms with Crippen molar-refractivity contribution in [3.05, 3.63) is 59.7 Å². The highest BCUT2D eigenvalue weighted by Crippen LogP contribution is 2.31. The fraction of sp³-hybridized carbons (Fsp3) is 0.528. The molecule has 0 fully saturated rings. The Morgan fingerprint density at radius 1 is 0.894 bits per heavy atom. The number of carboxylic acid groups (broad SMARTS) is 2. The zero-order valence-electron chi connectivity index (χ0n) is 29.3. The smallest absolute Gasteiger partial charge is 0.326 e. The topological polar surface area (TPSA) is 165 Å². The summed E-state index contributed by atoms with van der Waals surface area (Å²) in [5.41, 5.74) is -0.184. The number of benzene rings is 2. The van der Waals surface area contributed by atoms with Gasteiger partial charge in [-0.3, -0.25) is 19.2 Å². The van der Waals surface area contributed by atoms with E-state index in [0.717, 1.165) is 16.3 Å². The van der Waals surface area contributed by atoms with Crippen molar-refractivity contribution < 1.29 is 34.2 Å². The molecular formula is C36H52N4O7. The summed E-state index contributed by atoms with van der Waals surface area (Å²) >= 11 is 0. The molecule has 0 heterocycles. The molecule has 47 heavy (non-hydrogen) atoms. The fourth-order valence-electron chi connectivity index (χ4n) is 5.68. The molecule has 0 saturated heterocycles. The van der Waals surface area contributed by atoms with E-state index in [9.17, 15) is 29.1 Å². The molecule has 0 aliphatic rings. The summed E-state index contributed by atoms with van der Waals surface area (Å²) in [6.45, 7) is 14.9. The molecule has 0 bridgehead atoms. The minimum atomic E-state index is -1.38. The molecule has 3 amide bonds. The third-order valence-electron chi connectivity index (χ3n) is 8.67. The predicted octanol–water partition coefficient (Wildman–Crippen LogP) is 4.10. The van der Waals surface area contributed by atoms with Crippen LogP contribution >= 0.6 is 0 Å². The predicted molar refractivity (Wildman–Crippen MR) is 183 cm³/mol. The molecule has 0 aliphatic heterocycles. The molecule has 0 saturated carbocycles. The van der Waals surface area contributed by atoms with Crippen LogP contribution in [0.2, 0.25) is 0 Å². The number of carbonyl (C=O) groups excluding carboxylic acids is 3. The van der Waals surface area contributed by atoms with E-state index in [1.165, 1.54) is 11.8 Å². The molecule has 11 heteroatoms. The molecule has 0 radical (unpaired) electrons. The van der Waals surface area contributed by atoms with Crippen LogP contribution in [0.1, 0.15) is 73.8 Å². The first-order valence-electron chi connectivity index (χ1n) is 15.9. The molecule has 0 unspecified atom stereocenters. The van der Waals surface area contributed by atoms with Gasteiger partial charge in [0.1, 0.15) is 12.1 Å². The van der Waals surface area contributed by atoms with Crippen molar-refractivity contribution in [2.75, 3.05) is 14.1 Å². The first-order chi connectivity index (χ1) is 21.7. The molecular weight excluding hydrogens is 600 g/mol. The van der Waals surface area contributed by atoms with Gasteiger partial charge in [0.25, 0.3) is 0 Å². The molecule has 0 spiro atoms. The molecule has 2 aromatic carbocycles. The normalized spacial score (nSPS) is 15.0. The summed E-state index contributed by atoms with van der Waals surface area (Å²) < 4.78 is 0. The number of hydrogen-bond acceptors (Lipinski definition) is 6. The zero-order chi connectivity index (χ0) is 35.9. The maximum atomic E-state index is 14.1. The molecule has 2 aromatic rings. The van der Waals surface area contributed by atoms with Crippen LogP contribution < -0.4 is 16.0 Å². The van der Waals surface area contributed by atoms with Gasteiger partial charge in [0.05, 0.1) is 12.1 Å². The van der Waals surface area contributed by atoms with Gasteiger partial charge in [-0.05, 0) is 48.1 Å². The van der Waals surface area contributed by atoms with E-state index in [4.69, 9.17) is 5.11 Å². The molecule has 4 atom stereocenters. The monoisotopic (exact) mass is 652 g/mol. The highest BCUT2D eigenvalue weighted by atomic mass is 16.4. The van der Waals surface area contributed by atoms with Gasteiger partial charge in [0, 0.05) is 24.5 Å². The van der Waals surface area contributed by atoms with E-state index in [1.807, 2.05) is 84.9 Å². The molecule has 11 nitrogen and oxygen atoms in total. The van der Waals surface area contributed by atoms with Crippen LogP contribution in [0.3, 0.4) is 0 Å². The lowest BCUT2D eigenvalue weighted by molar-refractivity contribution is -0.142. The lowest BCUT2D eigenvalue weighted by Crippen LogP contribution is -2.61. The second-order valence-electron chi connectivity index (χ2n) is 14.1. The van der Waals surface area contributed by atoms with Gasteiger partial charge < -0.3 is 31.1 Å². The van der Waals surface area contributed by atoms with Gasteiger partial charge in [0.2, 0.25) is 17.7 Å². The number of rotatable bonds is 15. The summed E-state index contributed by atoms with van der Waals surface area (Å²) in [6.07, 6.45) is 0.905. The minimum absolute atomic E-state index is 0.151. The van der Waals surface area contributed by atoms with Crippen molar-refractivity contribution >= 4 is 40.4 Å². The number of aliphatic carboxylic acids is 2. The van der Waals surface area contributed by atoms with Crippen molar-refractivity contribution in [2.24, 2.45) is 11.3 Å². The SMILES string of the molecule is CN[C@H](C(=O)N[C@H](C(=O)N(C)[C@H](/C=C(\C)C(=O)N[C@H](CCC(=O)O)C(=O)O)C(C)C)C(C)(C)C)C(C)(C)c1ccc2ccccc2c1. The second-order valence-corrected chi connectivity index (χ2v) is 14.1. The Kier molecular flexibility index (Phi) is 13.3. The van der Waals surface area contributed by atoms with E-state index in [-0.39, 0.29) is 29.7 Å². The summed E-state index contributed by atoms with van der Waals surface area (Å²) in [5, 5.41) is 29.1. The van der Waals surface area contributed by atoms with Gasteiger partial charge in [-0.15, -0.1) is 0 Å². The lowest BCUT2D eigenvalue weighted by atomic mass is 9.76. The zero-order valence-corrected chi connectivity index (χ0v) is 29.3. The average Bonchev–Trinajstić information content (AvgIpc) is 2.98. The Bertz CT molecular complexity index is 1490. The number of nitrogens with one attached hydrogen (secondary N) is 3. The van der Waals surface area contributed by atoms with Gasteiger partial charge >= 0.3 is 11.9 Å². The third kappa shape index (κ3) is 10.1. The van der Waals surface area contributed by atoms with Gasteiger partial charge in [-0.1, -0.05) is 97.0 Å². The first-order valence-corrected chi connectivity index (χ1v) is 15.9. The first kappa shape index (κ1) is 38.9. The second kappa shape index (κ2) is 16.0. The van der Waals surface area contributed by atoms with E-state index < -0.39 is 59.3 Å². The van der Waals surface area contributed by atoms with E-state index >= 15 is 0 Å². The maximum absolute atomic E-state index is 14.1. The van der Waals surface area contributed by atoms with E-state index in [0.29, 0.717) is 0 Å². The van der Waals surface area contributed by atoms with Crippen molar-refractivity contribution in [1.82, 2.24) is 20.9 Å². The Morgan fingerprint density at radius 2 is 1.49 bits per heavy atom. The van der Waals surface area contributed by atoms with Crippen LogP contribution in [-0.4, -0.2) is 83.0 Å². The van der Waals surface area contributed by atoms with Crippen LogP contribution in [-0.2, 0) is 29.4 Å². The Labute approximate surface area is 278 Å². The number of amides is 3. The maximum Gasteiger partial charge on any atom is 0.326 e. The lowest BCUT2D eigenvalue weighted by Gasteiger charge is -2.40. The van der Waals surface area contributed by atoms with Gasteiger partial charge in [-0.2, -0.15) is 0 Å². The summed E-state index contributed by atoms with van der Waals surface area (Å²) in [6, 6.07) is 10.6. The van der Waals surface area contributed by atoms with Gasteiger partial charge in [-0.25, -0.2) is 4.79 Å². The number of carboxylic acids is 2. The summed E-state index contributed by atoms with van der Waals surface area (Å²) in [4.78, 5) is 65.1. The number of hydrogen-bond donors (Lipinski definition) is 5. The Balaban J connectivity index is 2.34. The molecule has 0 aliphatic carbocycles. The number of likely N-dealkylation sites (N-methyl/N-ethyl adjacent to an activating group) is 2. The van der Waals surface area contributed by atoms with Crippen molar-refractivity contribution in [1.29, 1.82) is 0 Å². The van der Waals surface area contributed by atoms with Crippen LogP contribution in [0.4, 0.5) is 0 Å². The summed E-state index contributed by atoms with van der Waals surface area (Å²) in [5.74, 6) is -4.02. The molecule has 5 N–H and O–H groups in total. The Hall–Kier alpha value is -4.25.